The van der Waals surface area contributed by atoms with E-state index in [1.165, 1.54) is 30.3 Å². The van der Waals surface area contributed by atoms with E-state index < -0.39 is 10.7 Å². The zero-order valence-electron chi connectivity index (χ0n) is 12.9. The molecular weight excluding hydrogens is 310 g/mol. The van der Waals surface area contributed by atoms with Crippen LogP contribution in [0.2, 0.25) is 0 Å². The largest absolute Gasteiger partial charge is 0.303 e. The van der Waals surface area contributed by atoms with Gasteiger partial charge in [-0.2, -0.15) is 0 Å². The van der Waals surface area contributed by atoms with Crippen LogP contribution in [0, 0.1) is 10.1 Å². The second kappa shape index (κ2) is 7.68. The Bertz CT molecular complexity index is 800. The van der Waals surface area contributed by atoms with Crippen LogP contribution in [0.15, 0.2) is 66.4 Å². The molecule has 2 rings (SSSR count). The first-order valence-electron chi connectivity index (χ1n) is 7.06. The Morgan fingerprint density at radius 3 is 2.33 bits per heavy atom. The summed E-state index contributed by atoms with van der Waals surface area (Å²) >= 11 is 0. The lowest BCUT2D eigenvalue weighted by Crippen LogP contribution is -2.36. The van der Waals surface area contributed by atoms with Crippen molar-refractivity contribution in [2.45, 2.75) is 6.92 Å². The number of nitrogens with one attached hydrogen (secondary N) is 2. The van der Waals surface area contributed by atoms with Gasteiger partial charge in [-0.15, -0.1) is 0 Å². The van der Waals surface area contributed by atoms with E-state index in [2.05, 4.69) is 10.9 Å². The number of nitro groups is 1. The number of allylic oxidation sites excluding steroid dienone is 2. The van der Waals surface area contributed by atoms with Gasteiger partial charge in [0.05, 0.1) is 4.92 Å². The Morgan fingerprint density at radius 2 is 1.67 bits per heavy atom. The number of hydrazine groups is 1. The van der Waals surface area contributed by atoms with Crippen molar-refractivity contribution in [3.63, 3.8) is 0 Å². The van der Waals surface area contributed by atoms with E-state index in [-0.39, 0.29) is 17.2 Å². The molecule has 0 aromatic heterocycles. The van der Waals surface area contributed by atoms with Crippen LogP contribution in [0.25, 0.3) is 0 Å². The maximum Gasteiger partial charge on any atom is 0.270 e. The fourth-order valence-electron chi connectivity index (χ4n) is 1.91. The molecule has 24 heavy (non-hydrogen) atoms. The predicted octanol–water partition coefficient (Wildman–Crippen LogP) is 2.62. The topological polar surface area (TPSA) is 101 Å². The Kier molecular flexibility index (Phi) is 5.40. The van der Waals surface area contributed by atoms with E-state index >= 15 is 0 Å². The number of nitrogens with zero attached hydrogens (tertiary/aromatic N) is 1. The molecule has 0 unspecified atom stereocenters. The first-order valence-corrected chi connectivity index (χ1v) is 7.06. The first-order chi connectivity index (χ1) is 11.5. The van der Waals surface area contributed by atoms with Crippen molar-refractivity contribution in [1.82, 2.24) is 10.9 Å². The summed E-state index contributed by atoms with van der Waals surface area (Å²) in [6, 6.07) is 14.0. The van der Waals surface area contributed by atoms with Crippen molar-refractivity contribution in [2.24, 2.45) is 0 Å². The highest BCUT2D eigenvalue weighted by molar-refractivity contribution is 6.05. The lowest BCUT2D eigenvalue weighted by atomic mass is 10.1. The fraction of sp³-hybridized carbons (Fsp3) is 0.0588. The van der Waals surface area contributed by atoms with E-state index in [1.807, 2.05) is 0 Å². The van der Waals surface area contributed by atoms with Crippen LogP contribution in [0.4, 0.5) is 5.69 Å². The molecule has 2 aromatic rings. The third kappa shape index (κ3) is 4.51. The Labute approximate surface area is 138 Å². The van der Waals surface area contributed by atoms with Gasteiger partial charge in [-0.25, -0.2) is 0 Å². The van der Waals surface area contributed by atoms with Crippen molar-refractivity contribution < 1.29 is 14.5 Å². The van der Waals surface area contributed by atoms with Crippen molar-refractivity contribution in [1.29, 1.82) is 0 Å². The van der Waals surface area contributed by atoms with Gasteiger partial charge >= 0.3 is 0 Å². The molecule has 0 fully saturated rings. The molecule has 0 spiro atoms. The van der Waals surface area contributed by atoms with Gasteiger partial charge in [-0.05, 0) is 19.1 Å². The van der Waals surface area contributed by atoms with E-state index in [1.54, 1.807) is 37.3 Å². The zero-order valence-corrected chi connectivity index (χ0v) is 12.9. The summed E-state index contributed by atoms with van der Waals surface area (Å²) in [4.78, 5) is 34.1. The van der Waals surface area contributed by atoms with E-state index in [0.717, 1.165) is 0 Å². The van der Waals surface area contributed by atoms with Gasteiger partial charge in [0.15, 0.2) is 5.78 Å². The maximum absolute atomic E-state index is 12.1. The number of carbonyl (C=O) groups excluding carboxylic acids is 2. The molecule has 0 aliphatic heterocycles. The van der Waals surface area contributed by atoms with Crippen LogP contribution >= 0.6 is 0 Å². The molecule has 2 N–H and O–H groups in total. The molecule has 0 aliphatic carbocycles. The minimum absolute atomic E-state index is 0.155. The van der Waals surface area contributed by atoms with Crippen molar-refractivity contribution >= 4 is 17.4 Å². The summed E-state index contributed by atoms with van der Waals surface area (Å²) in [5.41, 5.74) is 6.01. The van der Waals surface area contributed by atoms with Gasteiger partial charge in [0.25, 0.3) is 11.6 Å². The Hall–Kier alpha value is -3.48. The number of benzene rings is 2. The highest BCUT2D eigenvalue weighted by Gasteiger charge is 2.10. The number of non-ortho nitro benzene ring substituents is 1. The van der Waals surface area contributed by atoms with Crippen molar-refractivity contribution in [2.75, 3.05) is 0 Å². The monoisotopic (exact) mass is 325 g/mol. The summed E-state index contributed by atoms with van der Waals surface area (Å²) in [5, 5.41) is 10.7. The lowest BCUT2D eigenvalue weighted by molar-refractivity contribution is -0.384. The Balaban J connectivity index is 2.00. The van der Waals surface area contributed by atoms with Crippen LogP contribution in [-0.4, -0.2) is 16.6 Å². The smallest absolute Gasteiger partial charge is 0.270 e. The van der Waals surface area contributed by atoms with Gasteiger partial charge in [0.2, 0.25) is 0 Å². The van der Waals surface area contributed by atoms with Crippen LogP contribution in [0.3, 0.4) is 0 Å². The summed E-state index contributed by atoms with van der Waals surface area (Å²) < 4.78 is 0. The molecule has 0 radical (unpaired) electrons. The second-order valence-electron chi connectivity index (χ2n) is 4.94. The van der Waals surface area contributed by atoms with E-state index in [9.17, 15) is 19.7 Å². The number of nitro benzene ring substituents is 1. The van der Waals surface area contributed by atoms with Gasteiger partial charge in [-0.3, -0.25) is 25.1 Å². The van der Waals surface area contributed by atoms with Crippen LogP contribution < -0.4 is 10.9 Å². The van der Waals surface area contributed by atoms with E-state index in [4.69, 9.17) is 0 Å². The number of hydrogen-bond acceptors (Lipinski definition) is 5. The molecule has 1 amide bonds. The van der Waals surface area contributed by atoms with Crippen molar-refractivity contribution in [3.8, 4) is 0 Å². The van der Waals surface area contributed by atoms with E-state index in [0.29, 0.717) is 11.3 Å². The van der Waals surface area contributed by atoms with Crippen LogP contribution in [0.1, 0.15) is 27.6 Å². The standard InChI is InChI=1S/C17H15N3O4/c1-12(18-19-17(22)13-6-3-2-4-7-13)10-16(21)14-8-5-9-15(11-14)20(23)24/h2-11,18H,1H3,(H,19,22)/b12-10+. The molecular formula is C17H15N3O4. The van der Waals surface area contributed by atoms with Crippen LogP contribution in [-0.2, 0) is 0 Å². The maximum atomic E-state index is 12.1. The molecule has 0 aliphatic rings. The molecule has 0 saturated carbocycles. The SMILES string of the molecule is C/C(=C\C(=O)c1cccc([N+](=O)[O-])c1)NNC(=O)c1ccccc1. The minimum atomic E-state index is -0.564. The number of hydrogen-bond donors (Lipinski definition) is 2. The number of rotatable bonds is 6. The number of carbonyl (C=O) groups is 2. The third-order valence-electron chi connectivity index (χ3n) is 3.10. The summed E-state index contributed by atoms with van der Waals surface area (Å²) in [5.74, 6) is -0.746. The zero-order chi connectivity index (χ0) is 17.5. The molecule has 0 heterocycles. The fourth-order valence-corrected chi connectivity index (χ4v) is 1.91. The first kappa shape index (κ1) is 16.9. The van der Waals surface area contributed by atoms with Crippen LogP contribution in [0.5, 0.6) is 0 Å². The van der Waals surface area contributed by atoms with Gasteiger partial charge in [-0.1, -0.05) is 30.3 Å². The lowest BCUT2D eigenvalue weighted by Gasteiger charge is -2.08. The molecule has 2 aromatic carbocycles. The normalized spacial score (nSPS) is 10.8. The van der Waals surface area contributed by atoms with Crippen molar-refractivity contribution in [3.05, 3.63) is 87.6 Å². The third-order valence-corrected chi connectivity index (χ3v) is 3.10. The quantitative estimate of drug-likeness (QED) is 0.368. The molecule has 0 saturated heterocycles. The van der Waals surface area contributed by atoms with Gasteiger partial charge in [0.1, 0.15) is 0 Å². The summed E-state index contributed by atoms with van der Waals surface area (Å²) in [6.07, 6.45) is 1.25. The molecule has 7 nitrogen and oxygen atoms in total. The minimum Gasteiger partial charge on any atom is -0.303 e. The van der Waals surface area contributed by atoms with Gasteiger partial charge in [0, 0.05) is 35.0 Å². The average molecular weight is 325 g/mol. The molecule has 0 bridgehead atoms. The number of ketones is 1. The van der Waals surface area contributed by atoms with Gasteiger partial charge < -0.3 is 5.43 Å². The molecule has 122 valence electrons. The number of amides is 1. The summed E-state index contributed by atoms with van der Waals surface area (Å²) in [6.45, 7) is 1.60. The average Bonchev–Trinajstić information content (AvgIpc) is 2.60. The highest BCUT2D eigenvalue weighted by Crippen LogP contribution is 2.14. The summed E-state index contributed by atoms with van der Waals surface area (Å²) in [7, 11) is 0. The molecule has 7 heteroatoms. The molecule has 0 atom stereocenters. The highest BCUT2D eigenvalue weighted by atomic mass is 16.6. The predicted molar refractivity (Wildman–Crippen MR) is 88.2 cm³/mol. The second-order valence-corrected chi connectivity index (χ2v) is 4.94. The Morgan fingerprint density at radius 1 is 1.00 bits per heavy atom.